The van der Waals surface area contributed by atoms with Gasteiger partial charge >= 0.3 is 206 Å². The number of ether oxygens (including phenoxy) is 1. The van der Waals surface area contributed by atoms with Crippen LogP contribution in [0, 0.1) is 0 Å². The zero-order chi connectivity index (χ0) is 23.5. The Balaban J connectivity index is 1.52. The number of pyridine rings is 1. The molecular weight excluding hydrogens is 491 g/mol. The summed E-state index contributed by atoms with van der Waals surface area (Å²) in [7, 11) is 0. The second-order valence-corrected chi connectivity index (χ2v) is 11.4. The number of carbonyl (C=O) groups excluding carboxylic acids is 1. The van der Waals surface area contributed by atoms with Gasteiger partial charge in [0.2, 0.25) is 0 Å². The maximum atomic E-state index is 13.2. The molecule has 2 aliphatic rings. The predicted molar refractivity (Wildman–Crippen MR) is 134 cm³/mol. The molecule has 1 saturated heterocycles. The first kappa shape index (κ1) is 23.3. The monoisotopic (exact) mass is 521 g/mol. The van der Waals surface area contributed by atoms with Crippen LogP contribution < -0.4 is 10.0 Å². The molecule has 3 aromatic rings. The SMILES string of the molecule is CCOC(=O)c1cn(-c2ccc3c(c2)CCC3)c2nc([As]CCN3CCCCC3)ncc2c1=O. The van der Waals surface area contributed by atoms with Gasteiger partial charge in [0.05, 0.1) is 0 Å². The molecule has 0 amide bonds. The molecule has 1 aromatic carbocycles. The fraction of sp³-hybridized carbons (Fsp3) is 0.462. The van der Waals surface area contributed by atoms with E-state index in [2.05, 4.69) is 28.1 Å². The van der Waals surface area contributed by atoms with Crippen LogP contribution in [0.5, 0.6) is 0 Å². The number of piperidine rings is 1. The Kier molecular flexibility index (Phi) is 7.12. The van der Waals surface area contributed by atoms with Crippen molar-refractivity contribution in [3.05, 3.63) is 57.5 Å². The van der Waals surface area contributed by atoms with E-state index in [1.165, 1.54) is 43.5 Å². The fourth-order valence-corrected chi connectivity index (χ4v) is 6.77. The van der Waals surface area contributed by atoms with Gasteiger partial charge in [-0.3, -0.25) is 0 Å². The summed E-state index contributed by atoms with van der Waals surface area (Å²) >= 11 is -0.204. The van der Waals surface area contributed by atoms with Crippen molar-refractivity contribution in [2.24, 2.45) is 0 Å². The minimum absolute atomic E-state index is 0.0181. The van der Waals surface area contributed by atoms with Crippen molar-refractivity contribution in [3.8, 4) is 5.69 Å². The van der Waals surface area contributed by atoms with Gasteiger partial charge < -0.3 is 0 Å². The summed E-state index contributed by atoms with van der Waals surface area (Å²) in [6, 6.07) is 6.36. The van der Waals surface area contributed by atoms with Gasteiger partial charge in [-0.1, -0.05) is 0 Å². The number of aromatic nitrogens is 3. The summed E-state index contributed by atoms with van der Waals surface area (Å²) in [6.45, 7) is 5.41. The summed E-state index contributed by atoms with van der Waals surface area (Å²) in [5.41, 5.74) is 3.81. The summed E-state index contributed by atoms with van der Waals surface area (Å²) in [5.74, 6) is -0.610. The third-order valence-corrected chi connectivity index (χ3v) is 8.64. The standard InChI is InChI=1S/C26H30AsN4O3/c1-2-34-25(33)22-17-31(20-10-9-18-7-6-8-19(18)15-20)24-21(23(22)32)16-28-26(29-24)27-11-14-30-12-4-3-5-13-30/h9-10,15-17H,2-8,11-14H2,1H3. The Labute approximate surface area is 206 Å². The van der Waals surface area contributed by atoms with Gasteiger partial charge in [-0.05, 0) is 0 Å². The molecule has 0 saturated carbocycles. The molecular formula is C26H30AsN4O3. The number of carbonyl (C=O) groups is 1. The van der Waals surface area contributed by atoms with E-state index < -0.39 is 5.97 Å². The van der Waals surface area contributed by atoms with Gasteiger partial charge in [-0.2, -0.15) is 0 Å². The molecule has 8 heteroatoms. The number of benzene rings is 1. The van der Waals surface area contributed by atoms with Gasteiger partial charge in [-0.25, -0.2) is 0 Å². The molecule has 1 fully saturated rings. The topological polar surface area (TPSA) is 77.3 Å². The van der Waals surface area contributed by atoms with Crippen LogP contribution >= 0.6 is 0 Å². The van der Waals surface area contributed by atoms with E-state index in [0.29, 0.717) is 11.0 Å². The van der Waals surface area contributed by atoms with E-state index in [-0.39, 0.29) is 33.4 Å². The zero-order valence-corrected chi connectivity index (χ0v) is 21.5. The van der Waals surface area contributed by atoms with Crippen LogP contribution in [0.15, 0.2) is 35.4 Å². The normalized spacial score (nSPS) is 16.4. The summed E-state index contributed by atoms with van der Waals surface area (Å²) in [6.07, 6.45) is 10.4. The molecule has 2 aromatic heterocycles. The number of nitrogens with zero attached hydrogens (tertiary/aromatic N) is 4. The molecule has 1 radical (unpaired) electrons. The molecule has 0 unspecified atom stereocenters. The Hall–Kier alpha value is -2.50. The van der Waals surface area contributed by atoms with Gasteiger partial charge in [0, 0.05) is 0 Å². The molecule has 177 valence electrons. The second-order valence-electron chi connectivity index (χ2n) is 8.96. The molecule has 0 bridgehead atoms. The van der Waals surface area contributed by atoms with Crippen LogP contribution in [0.25, 0.3) is 16.7 Å². The van der Waals surface area contributed by atoms with Gasteiger partial charge in [0.1, 0.15) is 0 Å². The van der Waals surface area contributed by atoms with Gasteiger partial charge in [0.25, 0.3) is 0 Å². The maximum absolute atomic E-state index is 13.2. The summed E-state index contributed by atoms with van der Waals surface area (Å²) < 4.78 is 7.86. The summed E-state index contributed by atoms with van der Waals surface area (Å²) in [5, 5.41) is 1.43. The van der Waals surface area contributed by atoms with Crippen molar-refractivity contribution in [2.75, 3.05) is 26.2 Å². The quantitative estimate of drug-likeness (QED) is 0.352. The Morgan fingerprint density at radius 3 is 2.76 bits per heavy atom. The van der Waals surface area contributed by atoms with Crippen LogP contribution in [0.4, 0.5) is 0 Å². The summed E-state index contributed by atoms with van der Waals surface area (Å²) in [4.78, 5) is 37.6. The molecule has 0 N–H and O–H groups in total. The Morgan fingerprint density at radius 1 is 1.12 bits per heavy atom. The number of hydrogen-bond donors (Lipinski definition) is 0. The van der Waals surface area contributed by atoms with Crippen molar-refractivity contribution >= 4 is 37.4 Å². The van der Waals surface area contributed by atoms with Crippen molar-refractivity contribution in [1.29, 1.82) is 0 Å². The van der Waals surface area contributed by atoms with E-state index in [1.54, 1.807) is 19.3 Å². The van der Waals surface area contributed by atoms with E-state index in [9.17, 15) is 9.59 Å². The van der Waals surface area contributed by atoms with Crippen LogP contribution in [-0.2, 0) is 17.6 Å². The van der Waals surface area contributed by atoms with E-state index in [0.717, 1.165) is 41.3 Å². The average Bonchev–Trinajstić information content (AvgIpc) is 3.33. The fourth-order valence-electron chi connectivity index (χ4n) is 4.91. The third-order valence-electron chi connectivity index (χ3n) is 6.71. The number of fused-ring (bicyclic) bond motifs is 2. The Morgan fingerprint density at radius 2 is 1.94 bits per heavy atom. The van der Waals surface area contributed by atoms with Crippen LogP contribution in [0.3, 0.4) is 0 Å². The molecule has 34 heavy (non-hydrogen) atoms. The molecule has 5 rings (SSSR count). The van der Waals surface area contributed by atoms with Crippen LogP contribution in [0.1, 0.15) is 54.1 Å². The number of aryl methyl sites for hydroxylation is 2. The first-order chi connectivity index (χ1) is 16.6. The molecule has 1 aliphatic heterocycles. The van der Waals surface area contributed by atoms with Crippen molar-refractivity contribution < 1.29 is 9.53 Å². The zero-order valence-electron chi connectivity index (χ0n) is 19.6. The number of rotatable bonds is 7. The van der Waals surface area contributed by atoms with Crippen LogP contribution in [-0.4, -0.2) is 67.4 Å². The van der Waals surface area contributed by atoms with Gasteiger partial charge in [0.15, 0.2) is 0 Å². The predicted octanol–water partition coefficient (Wildman–Crippen LogP) is 2.68. The number of esters is 1. The first-order valence-electron chi connectivity index (χ1n) is 12.3. The Bertz CT molecular complexity index is 1270. The van der Waals surface area contributed by atoms with Gasteiger partial charge in [-0.15, -0.1) is 0 Å². The second kappa shape index (κ2) is 10.4. The molecule has 0 spiro atoms. The van der Waals surface area contributed by atoms with Crippen molar-refractivity contribution in [3.63, 3.8) is 0 Å². The van der Waals surface area contributed by atoms with Crippen molar-refractivity contribution in [2.45, 2.75) is 50.7 Å². The molecule has 0 atom stereocenters. The number of hydrogen-bond acceptors (Lipinski definition) is 6. The van der Waals surface area contributed by atoms with E-state index in [4.69, 9.17) is 9.72 Å². The van der Waals surface area contributed by atoms with Crippen molar-refractivity contribution in [1.82, 2.24) is 19.4 Å². The molecule has 1 aliphatic carbocycles. The molecule has 7 nitrogen and oxygen atoms in total. The third kappa shape index (κ3) is 4.82. The van der Waals surface area contributed by atoms with E-state index >= 15 is 0 Å². The first-order valence-corrected chi connectivity index (χ1v) is 14.5. The molecule has 3 heterocycles. The van der Waals surface area contributed by atoms with E-state index in [1.807, 2.05) is 4.57 Å². The van der Waals surface area contributed by atoms with Crippen LogP contribution in [0.2, 0.25) is 5.21 Å². The average molecular weight is 521 g/mol. The minimum atomic E-state index is -0.610. The number of likely N-dealkylation sites (tertiary alicyclic amines) is 1.